The molecule has 0 unspecified atom stereocenters. The van der Waals surface area contributed by atoms with Crippen LogP contribution in [0.2, 0.25) is 0 Å². The molecule has 7 nitrogen and oxygen atoms in total. The van der Waals surface area contributed by atoms with E-state index in [9.17, 15) is 9.59 Å². The van der Waals surface area contributed by atoms with Gasteiger partial charge in [-0.25, -0.2) is 4.98 Å². The lowest BCUT2D eigenvalue weighted by molar-refractivity contribution is -0.142. The van der Waals surface area contributed by atoms with E-state index in [1.807, 2.05) is 5.38 Å². The number of hydrogen-bond acceptors (Lipinski definition) is 8. The van der Waals surface area contributed by atoms with Gasteiger partial charge in [0.1, 0.15) is 0 Å². The van der Waals surface area contributed by atoms with Crippen LogP contribution in [0.4, 0.5) is 5.69 Å². The van der Waals surface area contributed by atoms with E-state index in [-0.39, 0.29) is 30.3 Å². The number of fused-ring (bicyclic) bond motifs is 1. The molecule has 0 radical (unpaired) electrons. The van der Waals surface area contributed by atoms with Crippen molar-refractivity contribution in [2.75, 3.05) is 18.7 Å². The Morgan fingerprint density at radius 2 is 2.19 bits per heavy atom. The Morgan fingerprint density at radius 3 is 3.00 bits per heavy atom. The molecule has 0 fully saturated rings. The fraction of sp³-hybridized carbons (Fsp3) is 0.353. The minimum Gasteiger partial charge on any atom is -0.466 e. The van der Waals surface area contributed by atoms with E-state index in [1.165, 1.54) is 23.1 Å². The third-order valence-electron chi connectivity index (χ3n) is 3.45. The molecule has 1 aromatic heterocycles. The van der Waals surface area contributed by atoms with Gasteiger partial charge in [0, 0.05) is 17.1 Å². The number of carbonyl (C=O) groups is 2. The SMILES string of the molecule is CCOC(=O)Cc1csc(S[C@@H](C)C(=O)Nc2ccc3c(c2)OCO3)n1. The number of carbonyl (C=O) groups excluding carboxylic acids is 2. The summed E-state index contributed by atoms with van der Waals surface area (Å²) < 4.78 is 16.2. The minimum absolute atomic E-state index is 0.142. The van der Waals surface area contributed by atoms with E-state index in [2.05, 4.69) is 10.3 Å². The fourth-order valence-corrected chi connectivity index (χ4v) is 4.19. The van der Waals surface area contributed by atoms with Crippen molar-refractivity contribution in [3.05, 3.63) is 29.3 Å². The molecular weight excluding hydrogens is 376 g/mol. The highest BCUT2D eigenvalue weighted by Gasteiger charge is 2.19. The molecule has 26 heavy (non-hydrogen) atoms. The van der Waals surface area contributed by atoms with Crippen molar-refractivity contribution in [1.29, 1.82) is 0 Å². The number of nitrogens with zero attached hydrogens (tertiary/aromatic N) is 1. The van der Waals surface area contributed by atoms with Crippen LogP contribution >= 0.6 is 23.1 Å². The predicted octanol–water partition coefficient (Wildman–Crippen LogP) is 3.10. The first-order valence-corrected chi connectivity index (χ1v) is 9.78. The number of anilines is 1. The number of rotatable bonds is 7. The van der Waals surface area contributed by atoms with Crippen LogP contribution in [0.5, 0.6) is 11.5 Å². The number of esters is 1. The van der Waals surface area contributed by atoms with Crippen molar-refractivity contribution in [3.8, 4) is 11.5 Å². The predicted molar refractivity (Wildman–Crippen MR) is 99.0 cm³/mol. The quantitative estimate of drug-likeness (QED) is 0.570. The molecule has 1 aromatic carbocycles. The first-order valence-electron chi connectivity index (χ1n) is 8.02. The molecule has 3 rings (SSSR count). The summed E-state index contributed by atoms with van der Waals surface area (Å²) in [5.41, 5.74) is 1.30. The standard InChI is InChI=1S/C17H18N2O5S2/c1-3-22-15(20)7-12-8-25-17(19-12)26-10(2)16(21)18-11-4-5-13-14(6-11)24-9-23-13/h4-6,8,10H,3,7,9H2,1-2H3,(H,18,21)/t10-/m0/s1. The highest BCUT2D eigenvalue weighted by atomic mass is 32.2. The molecule has 0 saturated carbocycles. The maximum absolute atomic E-state index is 12.4. The third-order valence-corrected chi connectivity index (χ3v) is 5.57. The Labute approximate surface area is 159 Å². The number of aromatic nitrogens is 1. The second-order valence-corrected chi connectivity index (χ2v) is 7.85. The Kier molecular flexibility index (Phi) is 6.00. The van der Waals surface area contributed by atoms with Crippen LogP contribution in [0.3, 0.4) is 0 Å². The van der Waals surface area contributed by atoms with Crippen LogP contribution in [0.15, 0.2) is 27.9 Å². The molecule has 2 aromatic rings. The van der Waals surface area contributed by atoms with E-state index in [0.717, 1.165) is 4.34 Å². The molecule has 1 N–H and O–H groups in total. The van der Waals surface area contributed by atoms with Crippen molar-refractivity contribution < 1.29 is 23.8 Å². The third kappa shape index (κ3) is 4.67. The normalized spacial score (nSPS) is 13.3. The Hall–Kier alpha value is -2.26. The molecule has 0 aliphatic carbocycles. The summed E-state index contributed by atoms with van der Waals surface area (Å²) in [6.07, 6.45) is 0.142. The Balaban J connectivity index is 1.54. The zero-order valence-electron chi connectivity index (χ0n) is 14.3. The summed E-state index contributed by atoms with van der Waals surface area (Å²) in [6.45, 7) is 4.11. The average molecular weight is 394 g/mol. The molecular formula is C17H18N2O5S2. The lowest BCUT2D eigenvalue weighted by atomic mass is 10.2. The van der Waals surface area contributed by atoms with Gasteiger partial charge in [0.05, 0.1) is 24.0 Å². The van der Waals surface area contributed by atoms with E-state index < -0.39 is 0 Å². The number of nitrogens with one attached hydrogen (secondary N) is 1. The van der Waals surface area contributed by atoms with Gasteiger partial charge in [-0.15, -0.1) is 11.3 Å². The van der Waals surface area contributed by atoms with Gasteiger partial charge >= 0.3 is 5.97 Å². The van der Waals surface area contributed by atoms with E-state index in [4.69, 9.17) is 14.2 Å². The van der Waals surface area contributed by atoms with Gasteiger partial charge in [-0.3, -0.25) is 9.59 Å². The lowest BCUT2D eigenvalue weighted by Gasteiger charge is -2.11. The van der Waals surface area contributed by atoms with Crippen LogP contribution in [-0.4, -0.2) is 35.5 Å². The van der Waals surface area contributed by atoms with Crippen LogP contribution in [0, 0.1) is 0 Å². The highest BCUT2D eigenvalue weighted by Crippen LogP contribution is 2.34. The maximum Gasteiger partial charge on any atom is 0.311 e. The smallest absolute Gasteiger partial charge is 0.311 e. The van der Waals surface area contributed by atoms with E-state index in [0.29, 0.717) is 29.5 Å². The Bertz CT molecular complexity index is 808. The van der Waals surface area contributed by atoms with Gasteiger partial charge in [-0.2, -0.15) is 0 Å². The van der Waals surface area contributed by atoms with Gasteiger partial charge < -0.3 is 19.5 Å². The summed E-state index contributed by atoms with van der Waals surface area (Å²) in [7, 11) is 0. The largest absolute Gasteiger partial charge is 0.466 e. The molecule has 1 aliphatic rings. The van der Waals surface area contributed by atoms with Crippen molar-refractivity contribution in [2.24, 2.45) is 0 Å². The van der Waals surface area contributed by atoms with Gasteiger partial charge in [-0.05, 0) is 26.0 Å². The summed E-state index contributed by atoms with van der Waals surface area (Å²) in [6, 6.07) is 5.26. The summed E-state index contributed by atoms with van der Waals surface area (Å²) >= 11 is 2.75. The molecule has 1 atom stereocenters. The number of thiazole rings is 1. The van der Waals surface area contributed by atoms with Crippen LogP contribution in [0.1, 0.15) is 19.5 Å². The second kappa shape index (κ2) is 8.41. The summed E-state index contributed by atoms with van der Waals surface area (Å²) in [5.74, 6) is 0.841. The minimum atomic E-state index is -0.345. The topological polar surface area (TPSA) is 86.8 Å². The summed E-state index contributed by atoms with van der Waals surface area (Å²) in [5, 5.41) is 4.32. The van der Waals surface area contributed by atoms with Gasteiger partial charge in [0.2, 0.25) is 12.7 Å². The van der Waals surface area contributed by atoms with Crippen LogP contribution < -0.4 is 14.8 Å². The molecule has 0 saturated heterocycles. The van der Waals surface area contributed by atoms with E-state index in [1.54, 1.807) is 32.0 Å². The van der Waals surface area contributed by atoms with Crippen molar-refractivity contribution >= 4 is 40.7 Å². The zero-order chi connectivity index (χ0) is 18.5. The first-order chi connectivity index (χ1) is 12.5. The monoisotopic (exact) mass is 394 g/mol. The Morgan fingerprint density at radius 1 is 1.38 bits per heavy atom. The van der Waals surface area contributed by atoms with Crippen LogP contribution in [-0.2, 0) is 20.7 Å². The maximum atomic E-state index is 12.4. The molecule has 0 spiro atoms. The molecule has 0 bridgehead atoms. The van der Waals surface area contributed by atoms with Crippen LogP contribution in [0.25, 0.3) is 0 Å². The molecule has 9 heteroatoms. The van der Waals surface area contributed by atoms with E-state index >= 15 is 0 Å². The van der Waals surface area contributed by atoms with Gasteiger partial charge in [0.15, 0.2) is 15.8 Å². The lowest BCUT2D eigenvalue weighted by Crippen LogP contribution is -2.22. The average Bonchev–Trinajstić information content (AvgIpc) is 3.23. The highest BCUT2D eigenvalue weighted by molar-refractivity contribution is 8.02. The number of ether oxygens (including phenoxy) is 3. The zero-order valence-corrected chi connectivity index (χ0v) is 15.9. The molecule has 138 valence electrons. The number of hydrogen-bond donors (Lipinski definition) is 1. The second-order valence-electron chi connectivity index (χ2n) is 5.40. The molecule has 1 aliphatic heterocycles. The van der Waals surface area contributed by atoms with Crippen molar-refractivity contribution in [3.63, 3.8) is 0 Å². The fourth-order valence-electron chi connectivity index (χ4n) is 2.21. The summed E-state index contributed by atoms with van der Waals surface area (Å²) in [4.78, 5) is 28.2. The molecule has 2 heterocycles. The first kappa shape index (κ1) is 18.5. The van der Waals surface area contributed by atoms with Gasteiger partial charge in [0.25, 0.3) is 0 Å². The number of benzene rings is 1. The number of amides is 1. The van der Waals surface area contributed by atoms with Crippen molar-refractivity contribution in [1.82, 2.24) is 4.98 Å². The van der Waals surface area contributed by atoms with Gasteiger partial charge in [-0.1, -0.05) is 11.8 Å². The van der Waals surface area contributed by atoms with Crippen molar-refractivity contribution in [2.45, 2.75) is 29.9 Å². The number of thioether (sulfide) groups is 1. The molecule has 1 amide bonds.